The summed E-state index contributed by atoms with van der Waals surface area (Å²) in [5, 5.41) is 4.86. The molecule has 3 amide bonds. The smallest absolute Gasteiger partial charge is 0.245 e. The van der Waals surface area contributed by atoms with Crippen molar-refractivity contribution in [3.63, 3.8) is 0 Å². The van der Waals surface area contributed by atoms with Gasteiger partial charge in [-0.3, -0.25) is 14.4 Å². The first-order valence-electron chi connectivity index (χ1n) is 10.8. The van der Waals surface area contributed by atoms with E-state index in [1.165, 1.54) is 9.78 Å². The molecule has 1 N–H and O–H groups in total. The van der Waals surface area contributed by atoms with E-state index in [0.29, 0.717) is 25.9 Å². The van der Waals surface area contributed by atoms with Crippen molar-refractivity contribution in [1.29, 1.82) is 0 Å². The van der Waals surface area contributed by atoms with Crippen LogP contribution in [0.15, 0.2) is 29.6 Å². The Hall–Kier alpha value is -2.81. The second-order valence-electron chi connectivity index (χ2n) is 8.26. The minimum absolute atomic E-state index is 0.0164. The van der Waals surface area contributed by atoms with Crippen molar-refractivity contribution in [3.8, 4) is 0 Å². The number of thiophene rings is 1. The van der Waals surface area contributed by atoms with Gasteiger partial charge in [0.15, 0.2) is 0 Å². The number of hydrogen-bond donors (Lipinski definition) is 1. The summed E-state index contributed by atoms with van der Waals surface area (Å²) in [6.07, 6.45) is 1.95. The van der Waals surface area contributed by atoms with Gasteiger partial charge in [0.1, 0.15) is 17.7 Å². The minimum Gasteiger partial charge on any atom is -0.344 e. The molecule has 4 rings (SSSR count). The zero-order chi connectivity index (χ0) is 22.8. The first kappa shape index (κ1) is 22.4. The van der Waals surface area contributed by atoms with Gasteiger partial charge in [-0.25, -0.2) is 8.78 Å². The Morgan fingerprint density at radius 1 is 1.25 bits per heavy atom. The van der Waals surface area contributed by atoms with Gasteiger partial charge >= 0.3 is 0 Å². The van der Waals surface area contributed by atoms with Crippen LogP contribution < -0.4 is 10.2 Å². The number of nitrogens with zero attached hydrogens (tertiary/aromatic N) is 2. The zero-order valence-corrected chi connectivity index (χ0v) is 18.6. The van der Waals surface area contributed by atoms with Gasteiger partial charge in [0, 0.05) is 42.7 Å². The summed E-state index contributed by atoms with van der Waals surface area (Å²) in [6.45, 7) is 3.11. The van der Waals surface area contributed by atoms with Gasteiger partial charge in [0.2, 0.25) is 17.7 Å². The summed E-state index contributed by atoms with van der Waals surface area (Å²) in [6, 6.07) is 4.23. The van der Waals surface area contributed by atoms with Gasteiger partial charge in [-0.05, 0) is 42.0 Å². The Labute approximate surface area is 189 Å². The van der Waals surface area contributed by atoms with Crippen molar-refractivity contribution >= 4 is 34.7 Å². The van der Waals surface area contributed by atoms with Gasteiger partial charge in [0.25, 0.3) is 0 Å². The molecule has 1 aromatic heterocycles. The van der Waals surface area contributed by atoms with E-state index in [0.717, 1.165) is 30.2 Å². The van der Waals surface area contributed by atoms with Crippen LogP contribution in [0, 0.1) is 17.6 Å². The van der Waals surface area contributed by atoms with Crippen molar-refractivity contribution in [1.82, 2.24) is 10.2 Å². The molecule has 0 saturated carbocycles. The SMILES string of the molecule is CCCC(NC(=O)C1CC(=O)N(c2cc(F)cc(F)c2)C1)C(=O)N1CCc2sccc2C1. The molecule has 0 radical (unpaired) electrons. The third kappa shape index (κ3) is 4.67. The number of rotatable bonds is 6. The summed E-state index contributed by atoms with van der Waals surface area (Å²) >= 11 is 1.69. The van der Waals surface area contributed by atoms with Crippen LogP contribution in [-0.4, -0.2) is 41.8 Å². The molecule has 0 spiro atoms. The van der Waals surface area contributed by atoms with Crippen LogP contribution in [0.1, 0.15) is 36.6 Å². The molecule has 1 fully saturated rings. The van der Waals surface area contributed by atoms with Crippen LogP contribution in [0.4, 0.5) is 14.5 Å². The molecule has 2 aliphatic heterocycles. The summed E-state index contributed by atoms with van der Waals surface area (Å²) in [5.41, 5.74) is 1.24. The lowest BCUT2D eigenvalue weighted by Gasteiger charge is -2.31. The number of carbonyl (C=O) groups excluding carboxylic acids is 3. The van der Waals surface area contributed by atoms with E-state index in [-0.39, 0.29) is 30.5 Å². The largest absolute Gasteiger partial charge is 0.344 e. The van der Waals surface area contributed by atoms with E-state index in [1.54, 1.807) is 16.2 Å². The normalized spacial score (nSPS) is 19.1. The van der Waals surface area contributed by atoms with Gasteiger partial charge in [-0.2, -0.15) is 0 Å². The van der Waals surface area contributed by atoms with Crippen LogP contribution in [0.25, 0.3) is 0 Å². The van der Waals surface area contributed by atoms with E-state index in [9.17, 15) is 23.2 Å². The molecule has 6 nitrogen and oxygen atoms in total. The zero-order valence-electron chi connectivity index (χ0n) is 17.8. The molecule has 2 unspecified atom stereocenters. The number of amides is 3. The van der Waals surface area contributed by atoms with E-state index in [4.69, 9.17) is 0 Å². The molecule has 2 aromatic rings. The number of fused-ring (bicyclic) bond motifs is 1. The summed E-state index contributed by atoms with van der Waals surface area (Å²) in [5.74, 6) is -3.15. The average molecular weight is 462 g/mol. The van der Waals surface area contributed by atoms with E-state index in [2.05, 4.69) is 5.32 Å². The molecule has 0 bridgehead atoms. The lowest BCUT2D eigenvalue weighted by molar-refractivity contribution is -0.138. The van der Waals surface area contributed by atoms with Crippen LogP contribution in [-0.2, 0) is 27.3 Å². The number of halogens is 2. The highest BCUT2D eigenvalue weighted by molar-refractivity contribution is 7.10. The predicted molar refractivity (Wildman–Crippen MR) is 117 cm³/mol. The maximum atomic E-state index is 13.6. The lowest BCUT2D eigenvalue weighted by atomic mass is 10.0. The predicted octanol–water partition coefficient (Wildman–Crippen LogP) is 3.25. The van der Waals surface area contributed by atoms with E-state index < -0.39 is 29.5 Å². The maximum Gasteiger partial charge on any atom is 0.245 e. The van der Waals surface area contributed by atoms with E-state index in [1.807, 2.05) is 18.4 Å². The fourth-order valence-corrected chi connectivity index (χ4v) is 5.21. The number of benzene rings is 1. The Bertz CT molecular complexity index is 1020. The van der Waals surface area contributed by atoms with Gasteiger partial charge < -0.3 is 15.1 Å². The van der Waals surface area contributed by atoms with E-state index >= 15 is 0 Å². The quantitative estimate of drug-likeness (QED) is 0.718. The van der Waals surface area contributed by atoms with Crippen LogP contribution >= 0.6 is 11.3 Å². The Morgan fingerprint density at radius 3 is 2.72 bits per heavy atom. The summed E-state index contributed by atoms with van der Waals surface area (Å²) in [7, 11) is 0. The molecule has 170 valence electrons. The molecular formula is C23H25F2N3O3S. The average Bonchev–Trinajstić information content (AvgIpc) is 3.38. The molecule has 2 atom stereocenters. The summed E-state index contributed by atoms with van der Waals surface area (Å²) in [4.78, 5) is 42.8. The molecule has 32 heavy (non-hydrogen) atoms. The van der Waals surface area contributed by atoms with Crippen molar-refractivity contribution in [2.75, 3.05) is 18.0 Å². The standard InChI is InChI=1S/C23H25F2N3O3S/c1-2-3-19(23(31)27-6-4-20-14(12-27)5-7-32-20)26-22(30)15-8-21(29)28(13-15)18-10-16(24)9-17(25)11-18/h5,7,9-11,15,19H,2-4,6,8,12-13H2,1H3,(H,26,30). The Kier molecular flexibility index (Phi) is 6.55. The lowest BCUT2D eigenvalue weighted by Crippen LogP contribution is -2.51. The highest BCUT2D eigenvalue weighted by Gasteiger charge is 2.37. The first-order valence-corrected chi connectivity index (χ1v) is 11.6. The highest BCUT2D eigenvalue weighted by Crippen LogP contribution is 2.28. The topological polar surface area (TPSA) is 69.7 Å². The second kappa shape index (κ2) is 9.36. The Balaban J connectivity index is 1.42. The molecule has 1 saturated heterocycles. The van der Waals surface area contributed by atoms with Crippen molar-refractivity contribution < 1.29 is 23.2 Å². The van der Waals surface area contributed by atoms with Gasteiger partial charge in [0.05, 0.1) is 5.92 Å². The molecule has 0 aliphatic carbocycles. The van der Waals surface area contributed by atoms with Gasteiger partial charge in [-0.1, -0.05) is 13.3 Å². The first-order chi connectivity index (χ1) is 15.4. The van der Waals surface area contributed by atoms with Crippen molar-refractivity contribution in [2.45, 2.75) is 45.2 Å². The molecule has 1 aromatic carbocycles. The Morgan fingerprint density at radius 2 is 2.00 bits per heavy atom. The van der Waals surface area contributed by atoms with Crippen molar-refractivity contribution in [2.24, 2.45) is 5.92 Å². The number of nitrogens with one attached hydrogen (secondary N) is 1. The van der Waals surface area contributed by atoms with Crippen LogP contribution in [0.2, 0.25) is 0 Å². The van der Waals surface area contributed by atoms with Crippen molar-refractivity contribution in [3.05, 3.63) is 51.7 Å². The van der Waals surface area contributed by atoms with Gasteiger partial charge in [-0.15, -0.1) is 11.3 Å². The molecule has 9 heteroatoms. The molecule has 3 heterocycles. The fraction of sp³-hybridized carbons (Fsp3) is 0.435. The molecule has 2 aliphatic rings. The number of hydrogen-bond acceptors (Lipinski definition) is 4. The number of anilines is 1. The molecular weight excluding hydrogens is 436 g/mol. The maximum absolute atomic E-state index is 13.6. The van der Waals surface area contributed by atoms with Crippen LogP contribution in [0.5, 0.6) is 0 Å². The minimum atomic E-state index is -0.787. The second-order valence-corrected chi connectivity index (χ2v) is 9.26. The number of carbonyl (C=O) groups is 3. The third-order valence-electron chi connectivity index (χ3n) is 5.97. The monoisotopic (exact) mass is 461 g/mol. The fourth-order valence-electron chi connectivity index (χ4n) is 4.32. The third-order valence-corrected chi connectivity index (χ3v) is 6.99. The van der Waals surface area contributed by atoms with Crippen LogP contribution in [0.3, 0.4) is 0 Å². The highest BCUT2D eigenvalue weighted by atomic mass is 32.1. The summed E-state index contributed by atoms with van der Waals surface area (Å²) < 4.78 is 27.1.